The number of carbonyl (C=O) groups is 1. The number of amides is 1. The minimum Gasteiger partial charge on any atom is -0.456 e. The Labute approximate surface area is 120 Å². The van der Waals surface area contributed by atoms with Gasteiger partial charge in [-0.25, -0.2) is 0 Å². The van der Waals surface area contributed by atoms with Gasteiger partial charge < -0.3 is 15.5 Å². The third-order valence-corrected chi connectivity index (χ3v) is 3.03. The highest BCUT2D eigenvalue weighted by atomic mass is 35.5. The monoisotopic (exact) mass is 294 g/mol. The molecule has 1 amide bonds. The number of furan rings is 1. The number of rotatable bonds is 3. The molecule has 1 aromatic heterocycles. The van der Waals surface area contributed by atoms with Crippen LogP contribution in [0.2, 0.25) is 5.02 Å². The van der Waals surface area contributed by atoms with Crippen molar-refractivity contribution in [3.05, 3.63) is 52.4 Å². The van der Waals surface area contributed by atoms with E-state index in [0.29, 0.717) is 22.0 Å². The van der Waals surface area contributed by atoms with Crippen molar-refractivity contribution in [1.82, 2.24) is 0 Å². The molecule has 0 fully saturated rings. The lowest BCUT2D eigenvalue weighted by molar-refractivity contribution is 0.0995. The molecule has 2 aromatic rings. The van der Waals surface area contributed by atoms with Crippen molar-refractivity contribution in [3.8, 4) is 0 Å². The molecule has 98 valence electrons. The Morgan fingerprint density at radius 3 is 2.68 bits per heavy atom. The molecular formula is C13H11ClN2O2S. The van der Waals surface area contributed by atoms with Crippen molar-refractivity contribution in [1.29, 1.82) is 0 Å². The van der Waals surface area contributed by atoms with E-state index < -0.39 is 0 Å². The average Bonchev–Trinajstić information content (AvgIpc) is 2.78. The molecule has 19 heavy (non-hydrogen) atoms. The standard InChI is InChI=1S/C13H11ClN2O2S/c1-7-2-5-11(18-7)13(17)16-10-6-8(12(15)19)3-4-9(10)14/h2-6H,1H3,(H2,15,19)(H,16,17). The van der Waals surface area contributed by atoms with Gasteiger partial charge in [-0.3, -0.25) is 4.79 Å². The number of anilines is 1. The highest BCUT2D eigenvalue weighted by Gasteiger charge is 2.12. The normalized spacial score (nSPS) is 10.2. The van der Waals surface area contributed by atoms with Gasteiger partial charge in [-0.2, -0.15) is 0 Å². The van der Waals surface area contributed by atoms with Gasteiger partial charge in [0.05, 0.1) is 10.7 Å². The summed E-state index contributed by atoms with van der Waals surface area (Å²) < 4.78 is 5.23. The predicted octanol–water partition coefficient (Wildman–Crippen LogP) is 3.13. The molecule has 4 nitrogen and oxygen atoms in total. The molecule has 0 aliphatic carbocycles. The van der Waals surface area contributed by atoms with E-state index in [1.54, 1.807) is 37.3 Å². The van der Waals surface area contributed by atoms with E-state index in [1.807, 2.05) is 0 Å². The molecule has 0 saturated heterocycles. The van der Waals surface area contributed by atoms with E-state index in [0.717, 1.165) is 0 Å². The first-order chi connectivity index (χ1) is 8.97. The van der Waals surface area contributed by atoms with Crippen molar-refractivity contribution < 1.29 is 9.21 Å². The Kier molecular flexibility index (Phi) is 3.87. The third kappa shape index (κ3) is 3.13. The van der Waals surface area contributed by atoms with E-state index in [4.69, 9.17) is 34.0 Å². The quantitative estimate of drug-likeness (QED) is 0.854. The fraction of sp³-hybridized carbons (Fsp3) is 0.0769. The summed E-state index contributed by atoms with van der Waals surface area (Å²) in [5.74, 6) is 0.498. The van der Waals surface area contributed by atoms with Crippen LogP contribution < -0.4 is 11.1 Å². The number of thiocarbonyl (C=S) groups is 1. The molecule has 0 unspecified atom stereocenters. The predicted molar refractivity (Wildman–Crippen MR) is 78.7 cm³/mol. The highest BCUT2D eigenvalue weighted by molar-refractivity contribution is 7.80. The number of halogens is 1. The average molecular weight is 295 g/mol. The van der Waals surface area contributed by atoms with E-state index in [-0.39, 0.29) is 16.7 Å². The van der Waals surface area contributed by atoms with E-state index in [2.05, 4.69) is 5.32 Å². The van der Waals surface area contributed by atoms with Gasteiger partial charge in [0.25, 0.3) is 5.91 Å². The van der Waals surface area contributed by atoms with Crippen LogP contribution in [0.15, 0.2) is 34.7 Å². The van der Waals surface area contributed by atoms with Gasteiger partial charge in [0.15, 0.2) is 5.76 Å². The highest BCUT2D eigenvalue weighted by Crippen LogP contribution is 2.24. The van der Waals surface area contributed by atoms with Gasteiger partial charge in [0.2, 0.25) is 0 Å². The third-order valence-electron chi connectivity index (χ3n) is 2.46. The maximum atomic E-state index is 11.9. The first-order valence-corrected chi connectivity index (χ1v) is 6.23. The van der Waals surface area contributed by atoms with Crippen molar-refractivity contribution >= 4 is 40.4 Å². The first kappa shape index (κ1) is 13.6. The van der Waals surface area contributed by atoms with Crippen LogP contribution in [-0.4, -0.2) is 10.9 Å². The molecule has 0 aliphatic rings. The lowest BCUT2D eigenvalue weighted by Crippen LogP contribution is -2.13. The van der Waals surface area contributed by atoms with Gasteiger partial charge in [0.1, 0.15) is 10.7 Å². The van der Waals surface area contributed by atoms with Crippen LogP contribution in [0.25, 0.3) is 0 Å². The van der Waals surface area contributed by atoms with Crippen LogP contribution in [0.1, 0.15) is 21.9 Å². The number of hydrogen-bond donors (Lipinski definition) is 2. The molecule has 0 saturated carbocycles. The fourth-order valence-electron chi connectivity index (χ4n) is 1.51. The largest absolute Gasteiger partial charge is 0.456 e. The van der Waals surface area contributed by atoms with Crippen LogP contribution in [0.5, 0.6) is 0 Å². The van der Waals surface area contributed by atoms with Crippen molar-refractivity contribution in [3.63, 3.8) is 0 Å². The maximum absolute atomic E-state index is 11.9. The summed E-state index contributed by atoms with van der Waals surface area (Å²) in [6.45, 7) is 1.76. The number of benzene rings is 1. The Morgan fingerprint density at radius 1 is 1.37 bits per heavy atom. The lowest BCUT2D eigenvalue weighted by atomic mass is 10.2. The molecule has 1 heterocycles. The molecule has 0 atom stereocenters. The molecule has 0 spiro atoms. The van der Waals surface area contributed by atoms with Crippen LogP contribution >= 0.6 is 23.8 Å². The molecule has 1 aromatic carbocycles. The van der Waals surface area contributed by atoms with Crippen molar-refractivity contribution in [2.75, 3.05) is 5.32 Å². The summed E-state index contributed by atoms with van der Waals surface area (Å²) in [5.41, 5.74) is 6.60. The number of nitrogens with two attached hydrogens (primary N) is 1. The zero-order valence-corrected chi connectivity index (χ0v) is 11.6. The molecular weight excluding hydrogens is 284 g/mol. The van der Waals surface area contributed by atoms with Crippen LogP contribution in [0.4, 0.5) is 5.69 Å². The van der Waals surface area contributed by atoms with Gasteiger partial charge in [0, 0.05) is 5.56 Å². The summed E-state index contributed by atoms with van der Waals surface area (Å²) >= 11 is 10.9. The second-order valence-corrected chi connectivity index (χ2v) is 4.77. The van der Waals surface area contributed by atoms with Crippen LogP contribution in [0, 0.1) is 6.92 Å². The SMILES string of the molecule is Cc1ccc(C(=O)Nc2cc(C(N)=S)ccc2Cl)o1. The molecule has 0 bridgehead atoms. The smallest absolute Gasteiger partial charge is 0.291 e. The van der Waals surface area contributed by atoms with Gasteiger partial charge in [-0.05, 0) is 31.2 Å². The second kappa shape index (κ2) is 5.42. The fourth-order valence-corrected chi connectivity index (χ4v) is 1.81. The maximum Gasteiger partial charge on any atom is 0.291 e. The Hall–Kier alpha value is -1.85. The Balaban J connectivity index is 2.25. The minimum atomic E-state index is -0.380. The van der Waals surface area contributed by atoms with Gasteiger partial charge in [-0.1, -0.05) is 29.9 Å². The number of carbonyl (C=O) groups excluding carboxylic acids is 1. The topological polar surface area (TPSA) is 68.3 Å². The zero-order valence-electron chi connectivity index (χ0n) is 10.1. The second-order valence-electron chi connectivity index (χ2n) is 3.92. The summed E-state index contributed by atoms with van der Waals surface area (Å²) in [7, 11) is 0. The van der Waals surface area contributed by atoms with Gasteiger partial charge >= 0.3 is 0 Å². The molecule has 6 heteroatoms. The molecule has 0 aliphatic heterocycles. The molecule has 3 N–H and O–H groups in total. The number of nitrogens with one attached hydrogen (secondary N) is 1. The first-order valence-electron chi connectivity index (χ1n) is 5.44. The Bertz CT molecular complexity index is 652. The molecule has 0 radical (unpaired) electrons. The van der Waals surface area contributed by atoms with E-state index in [9.17, 15) is 4.79 Å². The summed E-state index contributed by atoms with van der Waals surface area (Å²) in [6, 6.07) is 8.24. The van der Waals surface area contributed by atoms with Crippen LogP contribution in [0.3, 0.4) is 0 Å². The Morgan fingerprint density at radius 2 is 2.11 bits per heavy atom. The minimum absolute atomic E-state index is 0.217. The zero-order chi connectivity index (χ0) is 14.0. The molecule has 2 rings (SSSR count). The summed E-state index contributed by atoms with van der Waals surface area (Å²) in [6.07, 6.45) is 0. The van der Waals surface area contributed by atoms with E-state index >= 15 is 0 Å². The van der Waals surface area contributed by atoms with Gasteiger partial charge in [-0.15, -0.1) is 0 Å². The van der Waals surface area contributed by atoms with E-state index in [1.165, 1.54) is 0 Å². The number of hydrogen-bond acceptors (Lipinski definition) is 3. The van der Waals surface area contributed by atoms with Crippen LogP contribution in [-0.2, 0) is 0 Å². The van der Waals surface area contributed by atoms with Crippen molar-refractivity contribution in [2.45, 2.75) is 6.92 Å². The van der Waals surface area contributed by atoms with Crippen molar-refractivity contribution in [2.24, 2.45) is 5.73 Å². The summed E-state index contributed by atoms with van der Waals surface area (Å²) in [5, 5.41) is 3.05. The summed E-state index contributed by atoms with van der Waals surface area (Å²) in [4.78, 5) is 12.2. The lowest BCUT2D eigenvalue weighted by Gasteiger charge is -2.07. The number of aryl methyl sites for hydroxylation is 1.